The van der Waals surface area contributed by atoms with E-state index >= 15 is 0 Å². The lowest BCUT2D eigenvalue weighted by Gasteiger charge is -2.07. The van der Waals surface area contributed by atoms with E-state index in [0.29, 0.717) is 6.61 Å². The van der Waals surface area contributed by atoms with E-state index in [-0.39, 0.29) is 17.1 Å². The van der Waals surface area contributed by atoms with Gasteiger partial charge in [0.15, 0.2) is 0 Å². The van der Waals surface area contributed by atoms with E-state index in [4.69, 9.17) is 15.6 Å². The summed E-state index contributed by atoms with van der Waals surface area (Å²) < 4.78 is 6.41. The molecular weight excluding hydrogens is 312 g/mol. The Morgan fingerprint density at radius 2 is 2.05 bits per heavy atom. The molecule has 1 aromatic carbocycles. The Balaban J connectivity index is 2.09. The number of aromatic nitrogens is 1. The van der Waals surface area contributed by atoms with Gasteiger partial charge in [0.25, 0.3) is 0 Å². The molecule has 0 saturated heterocycles. The maximum Gasteiger partial charge on any atom is 0.338 e. The molecule has 3 N–H and O–H groups in total. The smallest absolute Gasteiger partial charge is 0.338 e. The molecule has 0 aliphatic rings. The topological polar surface area (TPSA) is 85.4 Å². The first kappa shape index (κ1) is 13.4. The Kier molecular flexibility index (Phi) is 4.01. The van der Waals surface area contributed by atoms with Crippen LogP contribution in [0.2, 0.25) is 0 Å². The number of nitrogens with two attached hydrogens (primary N) is 1. The van der Waals surface area contributed by atoms with Gasteiger partial charge in [-0.3, -0.25) is 0 Å². The fourth-order valence-corrected chi connectivity index (χ4v) is 1.71. The minimum absolute atomic E-state index is 0.0131. The number of benzene rings is 1. The second kappa shape index (κ2) is 5.71. The first-order chi connectivity index (χ1) is 9.06. The summed E-state index contributed by atoms with van der Waals surface area (Å²) in [5.41, 5.74) is 6.57. The van der Waals surface area contributed by atoms with Crippen LogP contribution in [0.5, 0.6) is 5.88 Å². The van der Waals surface area contributed by atoms with Crippen molar-refractivity contribution in [2.45, 2.75) is 6.61 Å². The van der Waals surface area contributed by atoms with Crippen molar-refractivity contribution in [2.24, 2.45) is 0 Å². The summed E-state index contributed by atoms with van der Waals surface area (Å²) in [6, 6.07) is 8.92. The Hall–Kier alpha value is -2.08. The van der Waals surface area contributed by atoms with Crippen molar-refractivity contribution in [1.82, 2.24) is 4.98 Å². The number of nitrogen functional groups attached to an aromatic ring is 1. The number of halogens is 1. The first-order valence-corrected chi connectivity index (χ1v) is 6.21. The zero-order valence-electron chi connectivity index (χ0n) is 9.84. The molecule has 2 rings (SSSR count). The van der Waals surface area contributed by atoms with Gasteiger partial charge < -0.3 is 15.6 Å². The molecule has 0 aliphatic heterocycles. The normalized spacial score (nSPS) is 10.2. The SMILES string of the molecule is Nc1cnc(OCc2ccc(Br)cc2)cc1C(=O)O. The van der Waals surface area contributed by atoms with Crippen LogP contribution in [0.25, 0.3) is 0 Å². The number of nitrogens with zero attached hydrogens (tertiary/aromatic N) is 1. The maximum absolute atomic E-state index is 10.9. The molecule has 2 aromatic rings. The Labute approximate surface area is 118 Å². The van der Waals surface area contributed by atoms with Crippen molar-refractivity contribution in [3.63, 3.8) is 0 Å². The van der Waals surface area contributed by atoms with Crippen LogP contribution < -0.4 is 10.5 Å². The third-order valence-corrected chi connectivity index (χ3v) is 2.97. The van der Waals surface area contributed by atoms with E-state index in [0.717, 1.165) is 10.0 Å². The van der Waals surface area contributed by atoms with Gasteiger partial charge in [0.1, 0.15) is 6.61 Å². The Morgan fingerprint density at radius 3 is 2.68 bits per heavy atom. The number of ether oxygens (including phenoxy) is 1. The van der Waals surface area contributed by atoms with Crippen LogP contribution in [0.1, 0.15) is 15.9 Å². The average molecular weight is 323 g/mol. The van der Waals surface area contributed by atoms with E-state index in [1.165, 1.54) is 12.3 Å². The molecule has 1 aromatic heterocycles. The number of carboxylic acid groups (broad SMARTS) is 1. The lowest BCUT2D eigenvalue weighted by Crippen LogP contribution is -2.05. The van der Waals surface area contributed by atoms with Gasteiger partial charge in [0, 0.05) is 10.5 Å². The molecule has 1 heterocycles. The molecule has 0 spiro atoms. The molecular formula is C13H11BrN2O3. The molecule has 19 heavy (non-hydrogen) atoms. The van der Waals surface area contributed by atoms with Gasteiger partial charge in [-0.15, -0.1) is 0 Å². The van der Waals surface area contributed by atoms with Crippen LogP contribution >= 0.6 is 15.9 Å². The number of aromatic carboxylic acids is 1. The molecule has 0 atom stereocenters. The number of hydrogen-bond acceptors (Lipinski definition) is 4. The van der Waals surface area contributed by atoms with E-state index in [9.17, 15) is 4.79 Å². The van der Waals surface area contributed by atoms with Crippen LogP contribution in [0.15, 0.2) is 41.0 Å². The van der Waals surface area contributed by atoms with Crippen molar-refractivity contribution in [1.29, 1.82) is 0 Å². The molecule has 98 valence electrons. The van der Waals surface area contributed by atoms with Crippen LogP contribution in [0.3, 0.4) is 0 Å². The monoisotopic (exact) mass is 322 g/mol. The molecule has 0 unspecified atom stereocenters. The van der Waals surface area contributed by atoms with E-state index in [1.807, 2.05) is 24.3 Å². The van der Waals surface area contributed by atoms with Crippen molar-refractivity contribution < 1.29 is 14.6 Å². The number of carbonyl (C=O) groups is 1. The molecule has 0 amide bonds. The van der Waals surface area contributed by atoms with Crippen molar-refractivity contribution >= 4 is 27.6 Å². The van der Waals surface area contributed by atoms with Crippen LogP contribution in [0, 0.1) is 0 Å². The second-order valence-electron chi connectivity index (χ2n) is 3.83. The molecule has 0 bridgehead atoms. The number of anilines is 1. The Morgan fingerprint density at radius 1 is 1.37 bits per heavy atom. The lowest BCUT2D eigenvalue weighted by molar-refractivity contribution is 0.0697. The molecule has 0 aliphatic carbocycles. The quantitative estimate of drug-likeness (QED) is 0.903. The fourth-order valence-electron chi connectivity index (χ4n) is 1.45. The third-order valence-electron chi connectivity index (χ3n) is 2.44. The highest BCUT2D eigenvalue weighted by Crippen LogP contribution is 2.18. The molecule has 0 saturated carbocycles. The maximum atomic E-state index is 10.9. The van der Waals surface area contributed by atoms with E-state index in [1.54, 1.807) is 0 Å². The van der Waals surface area contributed by atoms with Gasteiger partial charge >= 0.3 is 5.97 Å². The number of hydrogen-bond donors (Lipinski definition) is 2. The van der Waals surface area contributed by atoms with Gasteiger partial charge in [-0.25, -0.2) is 9.78 Å². The van der Waals surface area contributed by atoms with E-state index in [2.05, 4.69) is 20.9 Å². The summed E-state index contributed by atoms with van der Waals surface area (Å²) in [6.45, 7) is 0.309. The number of carboxylic acids is 1. The van der Waals surface area contributed by atoms with Crippen LogP contribution in [0.4, 0.5) is 5.69 Å². The summed E-state index contributed by atoms with van der Waals surface area (Å²) >= 11 is 3.34. The van der Waals surface area contributed by atoms with Crippen molar-refractivity contribution in [3.05, 3.63) is 52.1 Å². The summed E-state index contributed by atoms with van der Waals surface area (Å²) in [7, 11) is 0. The van der Waals surface area contributed by atoms with Gasteiger partial charge in [0.2, 0.25) is 5.88 Å². The standard InChI is InChI=1S/C13H11BrN2O3/c14-9-3-1-8(2-4-9)7-19-12-5-10(13(17)18)11(15)6-16-12/h1-6H,7,15H2,(H,17,18). The lowest BCUT2D eigenvalue weighted by atomic mass is 10.2. The Bertz CT molecular complexity index is 599. The highest BCUT2D eigenvalue weighted by atomic mass is 79.9. The predicted octanol–water partition coefficient (Wildman–Crippen LogP) is 2.70. The van der Waals surface area contributed by atoms with Crippen molar-refractivity contribution in [3.8, 4) is 5.88 Å². The summed E-state index contributed by atoms with van der Waals surface area (Å²) in [4.78, 5) is 14.9. The summed E-state index contributed by atoms with van der Waals surface area (Å²) in [5.74, 6) is -0.872. The van der Waals surface area contributed by atoms with Gasteiger partial charge in [-0.1, -0.05) is 28.1 Å². The van der Waals surface area contributed by atoms with Gasteiger partial charge in [-0.2, -0.15) is 0 Å². The largest absolute Gasteiger partial charge is 0.478 e. The number of pyridine rings is 1. The van der Waals surface area contributed by atoms with Gasteiger partial charge in [-0.05, 0) is 17.7 Å². The van der Waals surface area contributed by atoms with Crippen LogP contribution in [-0.4, -0.2) is 16.1 Å². The molecule has 0 radical (unpaired) electrons. The van der Waals surface area contributed by atoms with Crippen LogP contribution in [-0.2, 0) is 6.61 Å². The molecule has 5 nitrogen and oxygen atoms in total. The zero-order valence-corrected chi connectivity index (χ0v) is 11.4. The second-order valence-corrected chi connectivity index (χ2v) is 4.75. The minimum atomic E-state index is -1.10. The molecule has 6 heteroatoms. The number of rotatable bonds is 4. The first-order valence-electron chi connectivity index (χ1n) is 5.42. The van der Waals surface area contributed by atoms with E-state index < -0.39 is 5.97 Å². The zero-order chi connectivity index (χ0) is 13.8. The summed E-state index contributed by atoms with van der Waals surface area (Å²) in [6.07, 6.45) is 1.28. The van der Waals surface area contributed by atoms with Gasteiger partial charge in [0.05, 0.1) is 17.4 Å². The predicted molar refractivity (Wildman–Crippen MR) is 74.1 cm³/mol. The average Bonchev–Trinajstić information content (AvgIpc) is 2.39. The highest BCUT2D eigenvalue weighted by Gasteiger charge is 2.10. The van der Waals surface area contributed by atoms with Crippen molar-refractivity contribution in [2.75, 3.05) is 5.73 Å². The summed E-state index contributed by atoms with van der Waals surface area (Å²) in [5, 5.41) is 8.94. The molecule has 0 fully saturated rings. The fraction of sp³-hybridized carbons (Fsp3) is 0.0769. The highest BCUT2D eigenvalue weighted by molar-refractivity contribution is 9.10. The third kappa shape index (κ3) is 3.45. The minimum Gasteiger partial charge on any atom is -0.478 e.